The van der Waals surface area contributed by atoms with E-state index in [0.29, 0.717) is 5.92 Å². The number of nitrogens with one attached hydrogen (secondary N) is 2. The third-order valence-electron chi connectivity index (χ3n) is 4.57. The zero-order valence-electron chi connectivity index (χ0n) is 15.5. The molecule has 1 aromatic rings. The van der Waals surface area contributed by atoms with Crippen LogP contribution < -0.4 is 10.6 Å². The molecule has 28 heavy (non-hydrogen) atoms. The number of anilines is 1. The summed E-state index contributed by atoms with van der Waals surface area (Å²) in [5, 5.41) is 5.86. The zero-order chi connectivity index (χ0) is 19.2. The van der Waals surface area contributed by atoms with Crippen molar-refractivity contribution >= 4 is 48.1 Å². The summed E-state index contributed by atoms with van der Waals surface area (Å²) in [5.41, 5.74) is -0.898. The number of likely N-dealkylation sites (tertiary alicyclic amines) is 1. The molecule has 1 amide bonds. The van der Waals surface area contributed by atoms with Gasteiger partial charge in [-0.3, -0.25) is 4.79 Å². The molecule has 2 N–H and O–H groups in total. The standard InChI is InChI=1S/C17H24ClF3N4O.2ClH/c1-22-6-2-12-4-8-25(9-5-12)15(26)3-7-23-16-14(18)10-13(11-24-16)17(19,20)21;;/h10-12,22H,2-9H2,1H3,(H,23,24);2*1H. The molecule has 1 fully saturated rings. The smallest absolute Gasteiger partial charge is 0.368 e. The van der Waals surface area contributed by atoms with Crippen molar-refractivity contribution in [1.29, 1.82) is 0 Å². The van der Waals surface area contributed by atoms with Gasteiger partial charge in [-0.05, 0) is 44.8 Å². The number of hydrogen-bond donors (Lipinski definition) is 2. The van der Waals surface area contributed by atoms with Crippen LogP contribution in [-0.4, -0.2) is 49.0 Å². The summed E-state index contributed by atoms with van der Waals surface area (Å²) in [5.74, 6) is 0.839. The fourth-order valence-electron chi connectivity index (χ4n) is 2.99. The minimum atomic E-state index is -4.48. The first-order valence-electron chi connectivity index (χ1n) is 8.70. The van der Waals surface area contributed by atoms with Crippen LogP contribution in [0.1, 0.15) is 31.2 Å². The molecule has 2 heterocycles. The number of alkyl halides is 3. The lowest BCUT2D eigenvalue weighted by molar-refractivity contribution is -0.137. The molecule has 2 rings (SSSR count). The third kappa shape index (κ3) is 8.19. The Morgan fingerprint density at radius 1 is 1.29 bits per heavy atom. The van der Waals surface area contributed by atoms with Crippen LogP contribution in [0.4, 0.5) is 19.0 Å². The molecule has 0 aliphatic carbocycles. The molecule has 1 aliphatic heterocycles. The summed E-state index contributed by atoms with van der Waals surface area (Å²) in [6.45, 7) is 2.78. The average molecular weight is 466 g/mol. The molecular formula is C17H26Cl3F3N4O. The Kier molecular flexibility index (Phi) is 12.1. The van der Waals surface area contributed by atoms with Gasteiger partial charge in [-0.25, -0.2) is 4.98 Å². The minimum Gasteiger partial charge on any atom is -0.368 e. The van der Waals surface area contributed by atoms with Crippen LogP contribution in [0, 0.1) is 5.92 Å². The van der Waals surface area contributed by atoms with Crippen molar-refractivity contribution in [1.82, 2.24) is 15.2 Å². The molecule has 0 bridgehead atoms. The van der Waals surface area contributed by atoms with E-state index in [2.05, 4.69) is 15.6 Å². The molecule has 162 valence electrons. The molecule has 0 saturated carbocycles. The predicted octanol–water partition coefficient (Wildman–Crippen LogP) is 4.25. The number of hydrogen-bond acceptors (Lipinski definition) is 4. The maximum Gasteiger partial charge on any atom is 0.417 e. The average Bonchev–Trinajstić information content (AvgIpc) is 2.60. The first-order chi connectivity index (χ1) is 12.3. The molecule has 1 saturated heterocycles. The van der Waals surface area contributed by atoms with Gasteiger partial charge >= 0.3 is 6.18 Å². The van der Waals surface area contributed by atoms with Gasteiger partial charge in [0.1, 0.15) is 5.82 Å². The molecule has 1 aromatic heterocycles. The van der Waals surface area contributed by atoms with E-state index < -0.39 is 11.7 Å². The van der Waals surface area contributed by atoms with Crippen molar-refractivity contribution in [3.8, 4) is 0 Å². The number of carbonyl (C=O) groups is 1. The second-order valence-electron chi connectivity index (χ2n) is 6.45. The number of pyridine rings is 1. The highest BCUT2D eigenvalue weighted by Crippen LogP contribution is 2.32. The quantitative estimate of drug-likeness (QED) is 0.632. The molecule has 5 nitrogen and oxygen atoms in total. The minimum absolute atomic E-state index is 0. The number of nitrogens with zero attached hydrogens (tertiary/aromatic N) is 2. The molecule has 0 radical (unpaired) electrons. The Balaban J connectivity index is 0.00000364. The largest absolute Gasteiger partial charge is 0.417 e. The number of rotatable bonds is 7. The van der Waals surface area contributed by atoms with Crippen LogP contribution in [0.25, 0.3) is 0 Å². The highest BCUT2D eigenvalue weighted by Gasteiger charge is 2.31. The van der Waals surface area contributed by atoms with Gasteiger partial charge in [-0.15, -0.1) is 24.8 Å². The Morgan fingerprint density at radius 3 is 2.46 bits per heavy atom. The Bertz CT molecular complexity index is 612. The second-order valence-corrected chi connectivity index (χ2v) is 6.85. The lowest BCUT2D eigenvalue weighted by Gasteiger charge is -2.32. The first kappa shape index (κ1) is 27.0. The molecule has 0 spiro atoms. The summed E-state index contributed by atoms with van der Waals surface area (Å²) in [7, 11) is 1.93. The van der Waals surface area contributed by atoms with E-state index in [9.17, 15) is 18.0 Å². The number of piperidine rings is 1. The summed E-state index contributed by atoms with van der Waals surface area (Å²) in [6, 6.07) is 0.828. The fraction of sp³-hybridized carbons (Fsp3) is 0.647. The third-order valence-corrected chi connectivity index (χ3v) is 4.86. The topological polar surface area (TPSA) is 57.3 Å². The van der Waals surface area contributed by atoms with Crippen molar-refractivity contribution in [3.05, 3.63) is 22.8 Å². The van der Waals surface area contributed by atoms with Crippen molar-refractivity contribution in [2.24, 2.45) is 5.92 Å². The Morgan fingerprint density at radius 2 is 1.93 bits per heavy atom. The van der Waals surface area contributed by atoms with E-state index in [1.807, 2.05) is 11.9 Å². The maximum atomic E-state index is 12.6. The van der Waals surface area contributed by atoms with Gasteiger partial charge in [-0.1, -0.05) is 11.6 Å². The summed E-state index contributed by atoms with van der Waals surface area (Å²) < 4.78 is 37.8. The van der Waals surface area contributed by atoms with Crippen LogP contribution in [-0.2, 0) is 11.0 Å². The van der Waals surface area contributed by atoms with Gasteiger partial charge in [0.2, 0.25) is 5.91 Å². The monoisotopic (exact) mass is 464 g/mol. The highest BCUT2D eigenvalue weighted by atomic mass is 35.5. The summed E-state index contributed by atoms with van der Waals surface area (Å²) in [6.07, 6.45) is -0.366. The van der Waals surface area contributed by atoms with Crippen LogP contribution in [0.3, 0.4) is 0 Å². The van der Waals surface area contributed by atoms with Gasteiger partial charge in [0.25, 0.3) is 0 Å². The van der Waals surface area contributed by atoms with Crippen molar-refractivity contribution in [2.75, 3.05) is 38.5 Å². The number of amides is 1. The lowest BCUT2D eigenvalue weighted by Crippen LogP contribution is -2.39. The van der Waals surface area contributed by atoms with E-state index in [1.54, 1.807) is 0 Å². The van der Waals surface area contributed by atoms with E-state index >= 15 is 0 Å². The van der Waals surface area contributed by atoms with Crippen molar-refractivity contribution in [2.45, 2.75) is 31.9 Å². The van der Waals surface area contributed by atoms with Gasteiger partial charge in [-0.2, -0.15) is 13.2 Å². The van der Waals surface area contributed by atoms with E-state index in [-0.39, 0.29) is 54.5 Å². The van der Waals surface area contributed by atoms with Crippen LogP contribution >= 0.6 is 36.4 Å². The van der Waals surface area contributed by atoms with E-state index in [1.165, 1.54) is 0 Å². The molecule has 0 aromatic carbocycles. The highest BCUT2D eigenvalue weighted by molar-refractivity contribution is 6.32. The maximum absolute atomic E-state index is 12.6. The predicted molar refractivity (Wildman–Crippen MR) is 110 cm³/mol. The van der Waals surface area contributed by atoms with Crippen molar-refractivity contribution < 1.29 is 18.0 Å². The number of halogens is 6. The van der Waals surface area contributed by atoms with Gasteiger partial charge in [0, 0.05) is 32.3 Å². The molecule has 1 aliphatic rings. The second kappa shape index (κ2) is 12.6. The summed E-state index contributed by atoms with van der Waals surface area (Å²) >= 11 is 5.83. The van der Waals surface area contributed by atoms with Gasteiger partial charge in [0.15, 0.2) is 0 Å². The molecular weight excluding hydrogens is 440 g/mol. The summed E-state index contributed by atoms with van der Waals surface area (Å²) in [4.78, 5) is 17.8. The van der Waals surface area contributed by atoms with Crippen LogP contribution in [0.2, 0.25) is 5.02 Å². The SMILES string of the molecule is CNCCC1CCN(C(=O)CCNc2ncc(C(F)(F)F)cc2Cl)CC1.Cl.Cl. The molecule has 0 atom stereocenters. The number of carbonyl (C=O) groups excluding carboxylic acids is 1. The zero-order valence-corrected chi connectivity index (χ0v) is 17.9. The van der Waals surface area contributed by atoms with Gasteiger partial charge < -0.3 is 15.5 Å². The van der Waals surface area contributed by atoms with Gasteiger partial charge in [0.05, 0.1) is 10.6 Å². The molecule has 0 unspecified atom stereocenters. The van der Waals surface area contributed by atoms with Crippen molar-refractivity contribution in [3.63, 3.8) is 0 Å². The number of aromatic nitrogens is 1. The lowest BCUT2D eigenvalue weighted by atomic mass is 9.93. The Hall–Kier alpha value is -0.960. The normalized spacial score (nSPS) is 14.8. The first-order valence-corrected chi connectivity index (χ1v) is 9.08. The van der Waals surface area contributed by atoms with E-state index in [4.69, 9.17) is 11.6 Å². The molecule has 11 heteroatoms. The Labute approximate surface area is 180 Å². The van der Waals surface area contributed by atoms with Crippen LogP contribution in [0.15, 0.2) is 12.3 Å². The fourth-order valence-corrected chi connectivity index (χ4v) is 3.22. The van der Waals surface area contributed by atoms with Crippen LogP contribution in [0.5, 0.6) is 0 Å². The van der Waals surface area contributed by atoms with E-state index in [0.717, 1.165) is 51.2 Å².